The topological polar surface area (TPSA) is 110 Å². The van der Waals surface area contributed by atoms with E-state index in [0.717, 1.165) is 36.6 Å². The van der Waals surface area contributed by atoms with Crippen LogP contribution in [0.4, 0.5) is 5.82 Å². The first-order chi connectivity index (χ1) is 13.6. The molecule has 2 aliphatic rings. The van der Waals surface area contributed by atoms with E-state index >= 15 is 0 Å². The second-order valence-electron chi connectivity index (χ2n) is 7.25. The standard InChI is InChI=1S/C17H21N7O3S/c25-28(26,14-11-18-27-12-14)23-9-5-13(6-10-23)17-20-19-15-3-4-16(21-24(15)17)22-7-1-2-8-22/h3-4,11-13H,1-2,5-10H2. The Kier molecular flexibility index (Phi) is 4.27. The lowest BCUT2D eigenvalue weighted by Crippen LogP contribution is -2.38. The number of hydrogen-bond donors (Lipinski definition) is 0. The quantitative estimate of drug-likeness (QED) is 0.641. The summed E-state index contributed by atoms with van der Waals surface area (Å²) in [5, 5.41) is 16.9. The molecule has 0 spiro atoms. The van der Waals surface area contributed by atoms with Crippen LogP contribution in [0.3, 0.4) is 0 Å². The van der Waals surface area contributed by atoms with Crippen molar-refractivity contribution in [1.29, 1.82) is 0 Å². The Morgan fingerprint density at radius 2 is 1.82 bits per heavy atom. The highest BCUT2D eigenvalue weighted by Gasteiger charge is 2.33. The average Bonchev–Trinajstić information content (AvgIpc) is 3.49. The zero-order chi connectivity index (χ0) is 19.1. The molecule has 2 saturated heterocycles. The van der Waals surface area contributed by atoms with Crippen molar-refractivity contribution >= 4 is 21.5 Å². The van der Waals surface area contributed by atoms with Gasteiger partial charge in [-0.1, -0.05) is 5.16 Å². The summed E-state index contributed by atoms with van der Waals surface area (Å²) in [4.78, 5) is 2.37. The average molecular weight is 403 g/mol. The third kappa shape index (κ3) is 2.94. The van der Waals surface area contributed by atoms with Gasteiger partial charge in [-0.15, -0.1) is 15.3 Å². The van der Waals surface area contributed by atoms with Crippen LogP contribution in [0.25, 0.3) is 5.65 Å². The fourth-order valence-electron chi connectivity index (χ4n) is 3.99. The summed E-state index contributed by atoms with van der Waals surface area (Å²) in [6.07, 6.45) is 6.11. The second kappa shape index (κ2) is 6.82. The molecule has 2 fully saturated rings. The van der Waals surface area contributed by atoms with Crippen molar-refractivity contribution in [3.63, 3.8) is 0 Å². The molecule has 148 valence electrons. The van der Waals surface area contributed by atoms with Gasteiger partial charge >= 0.3 is 0 Å². The maximum Gasteiger partial charge on any atom is 0.247 e. The molecule has 10 nitrogen and oxygen atoms in total. The Morgan fingerprint density at radius 3 is 2.54 bits per heavy atom. The molecule has 0 aromatic carbocycles. The first-order valence-electron chi connectivity index (χ1n) is 9.50. The Balaban J connectivity index is 1.36. The van der Waals surface area contributed by atoms with Crippen molar-refractivity contribution in [2.24, 2.45) is 0 Å². The highest BCUT2D eigenvalue weighted by Crippen LogP contribution is 2.30. The SMILES string of the molecule is O=S(=O)(c1cnoc1)N1CCC(c2nnc3ccc(N4CCCC4)nn23)CC1. The predicted molar refractivity (Wildman–Crippen MR) is 99.5 cm³/mol. The monoisotopic (exact) mass is 403 g/mol. The van der Waals surface area contributed by atoms with Crippen LogP contribution < -0.4 is 4.90 Å². The summed E-state index contributed by atoms with van der Waals surface area (Å²) in [6.45, 7) is 2.88. The number of fused-ring (bicyclic) bond motifs is 1. The predicted octanol–water partition coefficient (Wildman–Crippen LogP) is 1.28. The molecule has 3 aromatic rings. The summed E-state index contributed by atoms with van der Waals surface area (Å²) in [6, 6.07) is 3.94. The third-order valence-electron chi connectivity index (χ3n) is 5.57. The minimum atomic E-state index is -3.56. The van der Waals surface area contributed by atoms with Gasteiger partial charge in [-0.2, -0.15) is 8.82 Å². The van der Waals surface area contributed by atoms with Crippen LogP contribution in [-0.4, -0.2) is 63.9 Å². The molecule has 28 heavy (non-hydrogen) atoms. The molecule has 0 N–H and O–H groups in total. The van der Waals surface area contributed by atoms with Crippen LogP contribution in [0, 0.1) is 0 Å². The van der Waals surface area contributed by atoms with Crippen molar-refractivity contribution in [3.05, 3.63) is 30.4 Å². The van der Waals surface area contributed by atoms with Gasteiger partial charge in [0.05, 0.1) is 6.20 Å². The molecule has 0 aliphatic carbocycles. The number of hydrogen-bond acceptors (Lipinski definition) is 8. The van der Waals surface area contributed by atoms with Gasteiger partial charge in [0.25, 0.3) is 0 Å². The van der Waals surface area contributed by atoms with E-state index in [1.54, 1.807) is 0 Å². The zero-order valence-corrected chi connectivity index (χ0v) is 16.1. The van der Waals surface area contributed by atoms with Crippen LogP contribution in [0.2, 0.25) is 0 Å². The molecule has 11 heteroatoms. The summed E-state index contributed by atoms with van der Waals surface area (Å²) in [5.41, 5.74) is 0.720. The zero-order valence-electron chi connectivity index (χ0n) is 15.3. The van der Waals surface area contributed by atoms with Crippen LogP contribution in [0.5, 0.6) is 0 Å². The number of rotatable bonds is 4. The van der Waals surface area contributed by atoms with E-state index in [0.29, 0.717) is 25.9 Å². The highest BCUT2D eigenvalue weighted by atomic mass is 32.2. The summed E-state index contributed by atoms with van der Waals surface area (Å²) < 4.78 is 33.2. The van der Waals surface area contributed by atoms with Crippen LogP contribution in [-0.2, 0) is 10.0 Å². The van der Waals surface area contributed by atoms with Crippen molar-refractivity contribution in [2.75, 3.05) is 31.1 Å². The molecule has 0 amide bonds. The summed E-state index contributed by atoms with van der Waals surface area (Å²) in [5.74, 6) is 1.86. The van der Waals surface area contributed by atoms with Gasteiger partial charge in [0.1, 0.15) is 17.0 Å². The number of nitrogens with zero attached hydrogens (tertiary/aromatic N) is 7. The van der Waals surface area contributed by atoms with Gasteiger partial charge in [0.2, 0.25) is 10.0 Å². The lowest BCUT2D eigenvalue weighted by Gasteiger charge is -2.29. The maximum atomic E-state index is 12.6. The van der Waals surface area contributed by atoms with E-state index in [4.69, 9.17) is 5.10 Å². The molecule has 0 radical (unpaired) electrons. The second-order valence-corrected chi connectivity index (χ2v) is 9.19. The normalized spacial score (nSPS) is 19.6. The first kappa shape index (κ1) is 17.6. The van der Waals surface area contributed by atoms with Crippen molar-refractivity contribution in [3.8, 4) is 0 Å². The van der Waals surface area contributed by atoms with Crippen molar-refractivity contribution < 1.29 is 12.9 Å². The summed E-state index contributed by atoms with van der Waals surface area (Å²) in [7, 11) is -3.56. The van der Waals surface area contributed by atoms with E-state index in [-0.39, 0.29) is 10.8 Å². The molecule has 5 heterocycles. The Bertz CT molecular complexity index is 1070. The summed E-state index contributed by atoms with van der Waals surface area (Å²) >= 11 is 0. The van der Waals surface area contributed by atoms with Gasteiger partial charge in [-0.3, -0.25) is 0 Å². The van der Waals surface area contributed by atoms with E-state index in [1.165, 1.54) is 23.3 Å². The van der Waals surface area contributed by atoms with Gasteiger partial charge in [-0.05, 0) is 37.8 Å². The largest absolute Gasteiger partial charge is 0.363 e. The van der Waals surface area contributed by atoms with Crippen LogP contribution in [0.1, 0.15) is 37.4 Å². The molecule has 0 atom stereocenters. The molecule has 0 bridgehead atoms. The molecule has 5 rings (SSSR count). The highest BCUT2D eigenvalue weighted by molar-refractivity contribution is 7.89. The third-order valence-corrected chi connectivity index (χ3v) is 7.41. The Morgan fingerprint density at radius 1 is 1.04 bits per heavy atom. The number of anilines is 1. The Hall–Kier alpha value is -2.53. The number of piperidine rings is 1. The van der Waals surface area contributed by atoms with E-state index < -0.39 is 10.0 Å². The van der Waals surface area contributed by atoms with Gasteiger partial charge < -0.3 is 9.42 Å². The number of sulfonamides is 1. The number of aromatic nitrogens is 5. The van der Waals surface area contributed by atoms with Crippen LogP contribution >= 0.6 is 0 Å². The van der Waals surface area contributed by atoms with Crippen molar-refractivity contribution in [2.45, 2.75) is 36.5 Å². The molecule has 0 saturated carbocycles. The minimum absolute atomic E-state index is 0.0933. The molecule has 3 aromatic heterocycles. The minimum Gasteiger partial charge on any atom is -0.363 e. The fourth-order valence-corrected chi connectivity index (χ4v) is 5.32. The van der Waals surface area contributed by atoms with Crippen LogP contribution in [0.15, 0.2) is 34.0 Å². The molecular formula is C17H21N7O3S. The van der Waals surface area contributed by atoms with E-state index in [2.05, 4.69) is 24.8 Å². The lowest BCUT2D eigenvalue weighted by molar-refractivity contribution is 0.311. The van der Waals surface area contributed by atoms with Crippen molar-refractivity contribution in [1.82, 2.24) is 29.3 Å². The maximum absolute atomic E-state index is 12.6. The molecule has 0 unspecified atom stereocenters. The van der Waals surface area contributed by atoms with Gasteiger partial charge in [-0.25, -0.2) is 8.42 Å². The first-order valence-corrected chi connectivity index (χ1v) is 10.9. The fraction of sp³-hybridized carbons (Fsp3) is 0.529. The van der Waals surface area contributed by atoms with E-state index in [1.807, 2.05) is 16.6 Å². The Labute approximate surface area is 162 Å². The molecule has 2 aliphatic heterocycles. The lowest BCUT2D eigenvalue weighted by atomic mass is 9.97. The van der Waals surface area contributed by atoms with Gasteiger partial charge in [0, 0.05) is 32.1 Å². The smallest absolute Gasteiger partial charge is 0.247 e. The van der Waals surface area contributed by atoms with E-state index in [9.17, 15) is 8.42 Å². The van der Waals surface area contributed by atoms with Gasteiger partial charge in [0.15, 0.2) is 11.5 Å². The molecular weight excluding hydrogens is 382 g/mol.